The number of benzene rings is 2. The lowest BCUT2D eigenvalue weighted by Gasteiger charge is -2.32. The fourth-order valence-corrected chi connectivity index (χ4v) is 3.87. The molecule has 2 aliphatic heterocycles. The number of rotatable bonds is 2. The van der Waals surface area contributed by atoms with Crippen molar-refractivity contribution in [2.24, 2.45) is 0 Å². The molecule has 4 rings (SSSR count). The van der Waals surface area contributed by atoms with Gasteiger partial charge in [0.05, 0.1) is 0 Å². The summed E-state index contributed by atoms with van der Waals surface area (Å²) in [5.74, 6) is -1.79. The Morgan fingerprint density at radius 1 is 0.962 bits per heavy atom. The molecular weight excluding hydrogens is 328 g/mol. The number of nitrogens with zero attached hydrogens (tertiary/aromatic N) is 2. The Morgan fingerprint density at radius 3 is 2.27 bits per heavy atom. The van der Waals surface area contributed by atoms with Crippen LogP contribution >= 0.6 is 0 Å². The van der Waals surface area contributed by atoms with Crippen LogP contribution in [0.5, 0.6) is 0 Å². The molecule has 0 spiro atoms. The Labute approximate surface area is 151 Å². The number of hydrogen-bond acceptors (Lipinski definition) is 4. The number of carbonyl (C=O) groups is 3. The average molecular weight is 348 g/mol. The molecule has 0 aromatic heterocycles. The molecule has 0 N–H and O–H groups in total. The molecule has 0 unspecified atom stereocenters. The number of carbonyl (C=O) groups excluding carboxylic acids is 3. The lowest BCUT2D eigenvalue weighted by molar-refractivity contribution is -0.122. The molecule has 1 fully saturated rings. The van der Waals surface area contributed by atoms with Gasteiger partial charge >= 0.3 is 0 Å². The van der Waals surface area contributed by atoms with Gasteiger partial charge in [0.2, 0.25) is 0 Å². The number of amides is 3. The molecule has 0 radical (unpaired) electrons. The third-order valence-corrected chi connectivity index (χ3v) is 5.15. The van der Waals surface area contributed by atoms with E-state index >= 15 is 0 Å². The molecule has 0 aliphatic carbocycles. The molecule has 2 aromatic rings. The minimum atomic E-state index is -0.650. The van der Waals surface area contributed by atoms with Crippen LogP contribution in [0.2, 0.25) is 0 Å². The first-order chi connectivity index (χ1) is 12.5. The predicted molar refractivity (Wildman–Crippen MR) is 100 cm³/mol. The molecule has 2 aliphatic rings. The van der Waals surface area contributed by atoms with Crippen molar-refractivity contribution in [1.29, 1.82) is 0 Å². The molecule has 1 saturated heterocycles. The molecule has 5 heteroatoms. The van der Waals surface area contributed by atoms with Gasteiger partial charge in [-0.25, -0.2) is 4.90 Å². The summed E-state index contributed by atoms with van der Waals surface area (Å²) in [5, 5.41) is 1.54. The first-order valence-electron chi connectivity index (χ1n) is 8.90. The van der Waals surface area contributed by atoms with Crippen molar-refractivity contribution in [3.05, 3.63) is 53.6 Å². The molecule has 5 nitrogen and oxygen atoms in total. The van der Waals surface area contributed by atoms with Gasteiger partial charge in [-0.3, -0.25) is 14.4 Å². The van der Waals surface area contributed by atoms with Gasteiger partial charge in [-0.1, -0.05) is 18.7 Å². The van der Waals surface area contributed by atoms with Crippen LogP contribution in [0.1, 0.15) is 46.9 Å². The van der Waals surface area contributed by atoms with E-state index in [0.29, 0.717) is 21.4 Å². The zero-order valence-corrected chi connectivity index (χ0v) is 14.7. The van der Waals surface area contributed by atoms with Gasteiger partial charge in [-0.15, -0.1) is 0 Å². The Kier molecular flexibility index (Phi) is 3.87. The van der Waals surface area contributed by atoms with Gasteiger partial charge in [0, 0.05) is 46.2 Å². The van der Waals surface area contributed by atoms with Gasteiger partial charge in [0.15, 0.2) is 0 Å². The van der Waals surface area contributed by atoms with E-state index in [1.54, 1.807) is 12.1 Å². The first kappa shape index (κ1) is 16.5. The smallest absolute Gasteiger partial charge is 0.268 e. The van der Waals surface area contributed by atoms with Gasteiger partial charge in [-0.05, 0) is 44.4 Å². The Hall–Kier alpha value is -2.95. The van der Waals surface area contributed by atoms with E-state index in [-0.39, 0.29) is 5.57 Å². The second-order valence-electron chi connectivity index (χ2n) is 6.94. The highest BCUT2D eigenvalue weighted by Gasteiger charge is 2.37. The monoisotopic (exact) mass is 348 g/mol. The Bertz CT molecular complexity index is 948. The molecule has 26 heavy (non-hydrogen) atoms. The molecule has 2 heterocycles. The number of hydrogen-bond donors (Lipinski definition) is 0. The maximum absolute atomic E-state index is 12.9. The fraction of sp³-hybridized carbons (Fsp3) is 0.286. The normalized spacial score (nSPS) is 17.0. The summed E-state index contributed by atoms with van der Waals surface area (Å²) in [6.07, 6.45) is 3.51. The Morgan fingerprint density at radius 2 is 1.62 bits per heavy atom. The zero-order chi connectivity index (χ0) is 18.4. The second-order valence-corrected chi connectivity index (χ2v) is 6.94. The van der Waals surface area contributed by atoms with Crippen LogP contribution in [0.25, 0.3) is 10.8 Å². The highest BCUT2D eigenvalue weighted by Crippen LogP contribution is 2.37. The van der Waals surface area contributed by atoms with Gasteiger partial charge in [0.1, 0.15) is 0 Å². The van der Waals surface area contributed by atoms with Crippen LogP contribution in [0.15, 0.2) is 42.5 Å². The molecule has 0 atom stereocenters. The van der Waals surface area contributed by atoms with Crippen LogP contribution < -0.4 is 4.90 Å². The summed E-state index contributed by atoms with van der Waals surface area (Å²) in [4.78, 5) is 41.1. The van der Waals surface area contributed by atoms with Crippen LogP contribution in [0.3, 0.4) is 0 Å². The minimum Gasteiger partial charge on any atom is -0.371 e. The first-order valence-corrected chi connectivity index (χ1v) is 8.90. The number of piperidine rings is 1. The lowest BCUT2D eigenvalue weighted by Crippen LogP contribution is -2.44. The molecular formula is C21H20N2O3. The number of imide groups is 3. The van der Waals surface area contributed by atoms with Crippen LogP contribution in [0.4, 0.5) is 5.69 Å². The van der Waals surface area contributed by atoms with Crippen LogP contribution in [0, 0.1) is 0 Å². The average Bonchev–Trinajstić information content (AvgIpc) is 2.66. The maximum Gasteiger partial charge on any atom is 0.268 e. The summed E-state index contributed by atoms with van der Waals surface area (Å²) in [5.41, 5.74) is 1.99. The third-order valence-electron chi connectivity index (χ3n) is 5.15. The summed E-state index contributed by atoms with van der Waals surface area (Å²) in [7, 11) is 0. The van der Waals surface area contributed by atoms with Crippen molar-refractivity contribution in [2.45, 2.75) is 26.2 Å². The molecule has 132 valence electrons. The van der Waals surface area contributed by atoms with E-state index in [1.165, 1.54) is 13.3 Å². The Balaban J connectivity index is 1.91. The largest absolute Gasteiger partial charge is 0.371 e. The van der Waals surface area contributed by atoms with Crippen molar-refractivity contribution in [1.82, 2.24) is 4.90 Å². The summed E-state index contributed by atoms with van der Waals surface area (Å²) in [6.45, 7) is 7.02. The highest BCUT2D eigenvalue weighted by molar-refractivity contribution is 6.33. The standard InChI is InChI=1S/C21H20N2O3/c1-13(2)19(24)23-20(25)15-8-6-7-14-17(22-11-4-3-5-12-22)10-9-16(18(14)15)21(23)26/h6-10H,1,3-5,11-12H2,2H3. The van der Waals surface area contributed by atoms with E-state index in [9.17, 15) is 14.4 Å². The van der Waals surface area contributed by atoms with E-state index < -0.39 is 17.7 Å². The second kappa shape index (κ2) is 6.09. The van der Waals surface area contributed by atoms with Crippen LogP contribution in [-0.2, 0) is 4.79 Å². The van der Waals surface area contributed by atoms with Gasteiger partial charge in [0.25, 0.3) is 17.7 Å². The minimum absolute atomic E-state index is 0.160. The topological polar surface area (TPSA) is 57.7 Å². The van der Waals surface area contributed by atoms with Crippen molar-refractivity contribution in [2.75, 3.05) is 18.0 Å². The zero-order valence-electron chi connectivity index (χ0n) is 14.7. The summed E-state index contributed by atoms with van der Waals surface area (Å²) >= 11 is 0. The van der Waals surface area contributed by atoms with E-state index in [0.717, 1.165) is 37.0 Å². The lowest BCUT2D eigenvalue weighted by atomic mass is 9.92. The SMILES string of the molecule is C=C(C)C(=O)N1C(=O)c2cccc3c(N4CCCCC4)ccc(c23)C1=O. The molecule has 0 bridgehead atoms. The maximum atomic E-state index is 12.9. The van der Waals surface area contributed by atoms with Gasteiger partial charge < -0.3 is 4.90 Å². The third kappa shape index (κ3) is 2.35. The van der Waals surface area contributed by atoms with Crippen molar-refractivity contribution in [3.63, 3.8) is 0 Å². The molecule has 0 saturated carbocycles. The van der Waals surface area contributed by atoms with Crippen molar-refractivity contribution in [3.8, 4) is 0 Å². The molecule has 2 aromatic carbocycles. The number of anilines is 1. The van der Waals surface area contributed by atoms with Crippen LogP contribution in [-0.4, -0.2) is 35.7 Å². The predicted octanol–water partition coefficient (Wildman–Crippen LogP) is 3.53. The summed E-state index contributed by atoms with van der Waals surface area (Å²) in [6, 6.07) is 9.11. The van der Waals surface area contributed by atoms with E-state index in [1.807, 2.05) is 18.2 Å². The fourth-order valence-electron chi connectivity index (χ4n) is 3.87. The van der Waals surface area contributed by atoms with Crippen molar-refractivity contribution < 1.29 is 14.4 Å². The van der Waals surface area contributed by atoms with Crippen molar-refractivity contribution >= 4 is 34.2 Å². The highest BCUT2D eigenvalue weighted by atomic mass is 16.2. The summed E-state index contributed by atoms with van der Waals surface area (Å²) < 4.78 is 0. The van der Waals surface area contributed by atoms with Gasteiger partial charge in [-0.2, -0.15) is 0 Å². The van der Waals surface area contributed by atoms with E-state index in [4.69, 9.17) is 0 Å². The quantitative estimate of drug-likeness (QED) is 0.615. The van der Waals surface area contributed by atoms with E-state index in [2.05, 4.69) is 11.5 Å². The molecule has 3 amide bonds.